The van der Waals surface area contributed by atoms with E-state index >= 15 is 0 Å². The summed E-state index contributed by atoms with van der Waals surface area (Å²) in [6, 6.07) is 4.87. The van der Waals surface area contributed by atoms with Gasteiger partial charge in [-0.25, -0.2) is 13.1 Å². The van der Waals surface area contributed by atoms with Crippen molar-refractivity contribution in [3.05, 3.63) is 23.8 Å². The second kappa shape index (κ2) is 8.26. The lowest BCUT2D eigenvalue weighted by molar-refractivity contribution is -0.114. The standard InChI is InChI=1S/C19H31N3O4S/c1-13-7-8-17(21-16(4)23)9-18(13)27(24,25)20-12-19(5,6)22-10-14(2)26-15(3)11-22/h7-9,14-15,20H,10-12H2,1-6H3,(H,21,23)/t14-,15-/m0/s1. The number of carbonyl (C=O) groups excluding carboxylic acids is 1. The number of rotatable bonds is 6. The maximum absolute atomic E-state index is 12.9. The molecule has 0 saturated carbocycles. The molecule has 0 aromatic heterocycles. The SMILES string of the molecule is CC(=O)Nc1ccc(C)c(S(=O)(=O)NCC(C)(C)N2C[C@H](C)O[C@@H](C)C2)c1. The van der Waals surface area contributed by atoms with E-state index in [9.17, 15) is 13.2 Å². The summed E-state index contributed by atoms with van der Waals surface area (Å²) in [7, 11) is -3.71. The minimum atomic E-state index is -3.71. The lowest BCUT2D eigenvalue weighted by Crippen LogP contribution is -2.58. The van der Waals surface area contributed by atoms with E-state index in [4.69, 9.17) is 4.74 Å². The van der Waals surface area contributed by atoms with Gasteiger partial charge in [0.1, 0.15) is 0 Å². The zero-order chi connectivity index (χ0) is 20.4. The van der Waals surface area contributed by atoms with Crippen LogP contribution in [0.1, 0.15) is 40.2 Å². The summed E-state index contributed by atoms with van der Waals surface area (Å²) in [6.07, 6.45) is 0.224. The molecular formula is C19H31N3O4S. The molecule has 0 bridgehead atoms. The lowest BCUT2D eigenvalue weighted by atomic mass is 10.0. The molecule has 1 saturated heterocycles. The third-order valence-corrected chi connectivity index (χ3v) is 6.31. The zero-order valence-corrected chi connectivity index (χ0v) is 17.8. The van der Waals surface area contributed by atoms with Crippen LogP contribution in [0.2, 0.25) is 0 Å². The van der Waals surface area contributed by atoms with Gasteiger partial charge in [0, 0.05) is 37.8 Å². The predicted octanol–water partition coefficient (Wildman–Crippen LogP) is 2.12. The molecule has 0 unspecified atom stereocenters. The van der Waals surface area contributed by atoms with Crippen molar-refractivity contribution in [2.24, 2.45) is 0 Å². The topological polar surface area (TPSA) is 87.7 Å². The Hall–Kier alpha value is -1.48. The molecule has 1 amide bonds. The molecule has 1 aliphatic heterocycles. The van der Waals surface area contributed by atoms with Crippen molar-refractivity contribution in [2.45, 2.75) is 64.2 Å². The summed E-state index contributed by atoms with van der Waals surface area (Å²) >= 11 is 0. The average Bonchev–Trinajstić information content (AvgIpc) is 2.53. The van der Waals surface area contributed by atoms with Crippen LogP contribution in [0.4, 0.5) is 5.69 Å². The number of amides is 1. The number of carbonyl (C=O) groups is 1. The van der Waals surface area contributed by atoms with Gasteiger partial charge < -0.3 is 10.1 Å². The third kappa shape index (κ3) is 5.75. The molecular weight excluding hydrogens is 366 g/mol. The minimum Gasteiger partial charge on any atom is -0.373 e. The Labute approximate surface area is 162 Å². The molecule has 0 aliphatic carbocycles. The first-order chi connectivity index (χ1) is 12.4. The highest BCUT2D eigenvalue weighted by molar-refractivity contribution is 7.89. The van der Waals surface area contributed by atoms with E-state index in [0.29, 0.717) is 11.3 Å². The Morgan fingerprint density at radius 3 is 2.41 bits per heavy atom. The molecule has 0 radical (unpaired) electrons. The number of benzene rings is 1. The minimum absolute atomic E-state index is 0.112. The number of aryl methyl sites for hydroxylation is 1. The summed E-state index contributed by atoms with van der Waals surface area (Å²) in [6.45, 7) is 13.0. The van der Waals surface area contributed by atoms with E-state index in [2.05, 4.69) is 14.9 Å². The van der Waals surface area contributed by atoms with Crippen LogP contribution >= 0.6 is 0 Å². The molecule has 1 aromatic rings. The van der Waals surface area contributed by atoms with Gasteiger partial charge in [0.25, 0.3) is 0 Å². The van der Waals surface area contributed by atoms with E-state index in [1.54, 1.807) is 19.1 Å². The van der Waals surface area contributed by atoms with Crippen molar-refractivity contribution in [3.8, 4) is 0 Å². The molecule has 1 fully saturated rings. The van der Waals surface area contributed by atoms with Crippen molar-refractivity contribution in [2.75, 3.05) is 25.0 Å². The quantitative estimate of drug-likeness (QED) is 0.768. The van der Waals surface area contributed by atoms with Crippen LogP contribution in [0, 0.1) is 6.92 Å². The van der Waals surface area contributed by atoms with Crippen LogP contribution in [0.3, 0.4) is 0 Å². The van der Waals surface area contributed by atoms with Gasteiger partial charge in [-0.1, -0.05) is 6.07 Å². The molecule has 0 spiro atoms. The van der Waals surface area contributed by atoms with Gasteiger partial charge in [-0.2, -0.15) is 0 Å². The number of sulfonamides is 1. The average molecular weight is 398 g/mol. The molecule has 27 heavy (non-hydrogen) atoms. The van der Waals surface area contributed by atoms with Gasteiger partial charge >= 0.3 is 0 Å². The van der Waals surface area contributed by atoms with E-state index in [1.807, 2.05) is 27.7 Å². The lowest BCUT2D eigenvalue weighted by Gasteiger charge is -2.45. The second-order valence-electron chi connectivity index (χ2n) is 7.96. The van der Waals surface area contributed by atoms with Crippen LogP contribution in [0.5, 0.6) is 0 Å². The van der Waals surface area contributed by atoms with Crippen LogP contribution in [0.15, 0.2) is 23.1 Å². The maximum Gasteiger partial charge on any atom is 0.240 e. The van der Waals surface area contributed by atoms with Gasteiger partial charge in [0.15, 0.2) is 0 Å². The largest absolute Gasteiger partial charge is 0.373 e. The third-order valence-electron chi connectivity index (χ3n) is 4.77. The molecule has 7 nitrogen and oxygen atoms in total. The zero-order valence-electron chi connectivity index (χ0n) is 17.0. The molecule has 1 aromatic carbocycles. The molecule has 1 aliphatic rings. The molecule has 2 rings (SSSR count). The number of nitrogens with zero attached hydrogens (tertiary/aromatic N) is 1. The molecule has 8 heteroatoms. The monoisotopic (exact) mass is 397 g/mol. The predicted molar refractivity (Wildman–Crippen MR) is 106 cm³/mol. The highest BCUT2D eigenvalue weighted by Gasteiger charge is 2.34. The Kier molecular flexibility index (Phi) is 6.68. The maximum atomic E-state index is 12.9. The Bertz CT molecular complexity index is 782. The van der Waals surface area contributed by atoms with Crippen LogP contribution in [-0.2, 0) is 19.6 Å². The van der Waals surface area contributed by atoms with Gasteiger partial charge in [0.05, 0.1) is 17.1 Å². The number of hydrogen-bond donors (Lipinski definition) is 2. The van der Waals surface area contributed by atoms with Gasteiger partial charge in [-0.05, 0) is 52.3 Å². The van der Waals surface area contributed by atoms with Gasteiger partial charge in [-0.3, -0.25) is 9.69 Å². The fourth-order valence-corrected chi connectivity index (χ4v) is 4.78. The number of anilines is 1. The Morgan fingerprint density at radius 2 is 1.85 bits per heavy atom. The number of morpholine rings is 1. The Morgan fingerprint density at radius 1 is 1.26 bits per heavy atom. The first-order valence-corrected chi connectivity index (χ1v) is 10.7. The Balaban J connectivity index is 2.15. The van der Waals surface area contributed by atoms with Gasteiger partial charge in [-0.15, -0.1) is 0 Å². The number of ether oxygens (including phenoxy) is 1. The van der Waals surface area contributed by atoms with Gasteiger partial charge in [0.2, 0.25) is 15.9 Å². The summed E-state index contributed by atoms with van der Waals surface area (Å²) in [5.41, 5.74) is 0.731. The van der Waals surface area contributed by atoms with Crippen LogP contribution in [-0.4, -0.2) is 56.6 Å². The normalized spacial score (nSPS) is 21.9. The van der Waals surface area contributed by atoms with Crippen molar-refractivity contribution in [3.63, 3.8) is 0 Å². The number of nitrogens with one attached hydrogen (secondary N) is 2. The van der Waals surface area contributed by atoms with E-state index in [1.165, 1.54) is 13.0 Å². The highest BCUT2D eigenvalue weighted by Crippen LogP contribution is 2.23. The second-order valence-corrected chi connectivity index (χ2v) is 9.70. The van der Waals surface area contributed by atoms with Crippen LogP contribution in [0.25, 0.3) is 0 Å². The van der Waals surface area contributed by atoms with Crippen molar-refractivity contribution in [1.29, 1.82) is 0 Å². The first-order valence-electron chi connectivity index (χ1n) is 9.19. The molecule has 1 heterocycles. The number of hydrogen-bond acceptors (Lipinski definition) is 5. The molecule has 2 N–H and O–H groups in total. The smallest absolute Gasteiger partial charge is 0.240 e. The fourth-order valence-electron chi connectivity index (χ4n) is 3.30. The molecule has 2 atom stereocenters. The summed E-state index contributed by atoms with van der Waals surface area (Å²) < 4.78 is 34.3. The van der Waals surface area contributed by atoms with Crippen molar-refractivity contribution < 1.29 is 17.9 Å². The van der Waals surface area contributed by atoms with Crippen LogP contribution < -0.4 is 10.0 Å². The summed E-state index contributed by atoms with van der Waals surface area (Å²) in [4.78, 5) is 13.7. The summed E-state index contributed by atoms with van der Waals surface area (Å²) in [5.74, 6) is -0.244. The highest BCUT2D eigenvalue weighted by atomic mass is 32.2. The molecule has 152 valence electrons. The fraction of sp³-hybridized carbons (Fsp3) is 0.632. The van der Waals surface area contributed by atoms with Crippen molar-refractivity contribution >= 4 is 21.6 Å². The summed E-state index contributed by atoms with van der Waals surface area (Å²) in [5, 5.41) is 2.62. The van der Waals surface area contributed by atoms with E-state index in [0.717, 1.165) is 13.1 Å². The van der Waals surface area contributed by atoms with E-state index in [-0.39, 0.29) is 35.1 Å². The van der Waals surface area contributed by atoms with E-state index < -0.39 is 10.0 Å². The first kappa shape index (κ1) is 21.8. The van der Waals surface area contributed by atoms with Crippen molar-refractivity contribution in [1.82, 2.24) is 9.62 Å².